The molecule has 0 amide bonds. The number of nitrogens with zero attached hydrogens (tertiary/aromatic N) is 4. The summed E-state index contributed by atoms with van der Waals surface area (Å²) in [6.07, 6.45) is 4.46. The quantitative estimate of drug-likeness (QED) is 0.436. The molecular formula is C19H25N4O2Pb. The molecule has 0 aliphatic carbocycles. The first-order valence-corrected chi connectivity index (χ1v) is 10.3. The van der Waals surface area contributed by atoms with E-state index in [-0.39, 0.29) is 12.1 Å². The standard InChI is InChI=1S/C17H19N3O2.C2H6N.Pb/c1-17(2)9-12(3-6-22-17)15-8-13-7-14(11-21)20(5-4-18)16(13)10-19-15;1-3-2;/h7-8,10-12H,3,5-6,9H2,1-2H3;1-2H3;/q;-1;+1. The number of carbonyl (C=O) groups excluding carboxylic acids is 1. The van der Waals surface area contributed by atoms with Crippen LogP contribution in [0.15, 0.2) is 18.3 Å². The van der Waals surface area contributed by atoms with Crippen LogP contribution >= 0.6 is 0 Å². The molecule has 0 N–H and O–H groups in total. The Labute approximate surface area is 171 Å². The van der Waals surface area contributed by atoms with Gasteiger partial charge in [-0.05, 0) is 38.8 Å². The molecule has 0 saturated carbocycles. The Morgan fingerprint density at radius 2 is 2.19 bits per heavy atom. The van der Waals surface area contributed by atoms with Crippen LogP contribution < -0.4 is 0 Å². The monoisotopic (exact) mass is 549 g/mol. The number of aromatic nitrogens is 2. The Morgan fingerprint density at radius 3 is 2.77 bits per heavy atom. The molecule has 1 aliphatic rings. The first-order valence-electron chi connectivity index (χ1n) is 8.61. The van der Waals surface area contributed by atoms with Crippen molar-refractivity contribution in [3.8, 4) is 6.07 Å². The molecule has 2 aromatic heterocycles. The zero-order valence-corrected chi connectivity index (χ0v) is 19.7. The van der Waals surface area contributed by atoms with E-state index in [0.29, 0.717) is 11.6 Å². The third-order valence-electron chi connectivity index (χ3n) is 4.31. The van der Waals surface area contributed by atoms with Gasteiger partial charge in [0.2, 0.25) is 0 Å². The van der Waals surface area contributed by atoms with Gasteiger partial charge in [-0.3, -0.25) is 9.78 Å². The number of fused-ring (bicyclic) bond motifs is 1. The molecule has 1 fully saturated rings. The van der Waals surface area contributed by atoms with Crippen LogP contribution in [0.3, 0.4) is 0 Å². The Morgan fingerprint density at radius 1 is 1.50 bits per heavy atom. The predicted octanol–water partition coefficient (Wildman–Crippen LogP) is 2.68. The molecule has 3 rings (SSSR count). The Kier molecular flexibility index (Phi) is 7.32. The fourth-order valence-corrected chi connectivity index (χ4v) is 3.25. The summed E-state index contributed by atoms with van der Waals surface area (Å²) in [6, 6.07) is 5.96. The van der Waals surface area contributed by atoms with Crippen molar-refractivity contribution in [1.82, 2.24) is 12.3 Å². The molecule has 2 aromatic rings. The second-order valence-electron chi connectivity index (χ2n) is 7.29. The van der Waals surface area contributed by atoms with Crippen molar-refractivity contribution in [3.63, 3.8) is 0 Å². The number of hydrogen-bond acceptors (Lipinski definition) is 5. The minimum absolute atomic E-state index is 0.125. The Hall–Kier alpha value is -1.31. The van der Waals surface area contributed by atoms with E-state index in [2.05, 4.69) is 41.7 Å². The van der Waals surface area contributed by atoms with Crippen molar-refractivity contribution in [2.24, 2.45) is 0 Å². The van der Waals surface area contributed by atoms with Crippen molar-refractivity contribution in [1.29, 1.82) is 5.26 Å². The van der Waals surface area contributed by atoms with Gasteiger partial charge in [0.1, 0.15) is 6.54 Å². The molecule has 0 aromatic carbocycles. The molecule has 0 bridgehead atoms. The topological polar surface area (TPSA) is 71.1 Å². The molecule has 0 spiro atoms. The summed E-state index contributed by atoms with van der Waals surface area (Å²) in [5, 5.41) is 9.88. The van der Waals surface area contributed by atoms with Gasteiger partial charge in [0, 0.05) is 23.6 Å². The van der Waals surface area contributed by atoms with Gasteiger partial charge in [-0.1, -0.05) is 0 Å². The molecule has 26 heavy (non-hydrogen) atoms. The van der Waals surface area contributed by atoms with Crippen LogP contribution in [-0.2, 0) is 11.3 Å². The Balaban J connectivity index is 0.000000552. The fraction of sp³-hybridized carbons (Fsp3) is 0.526. The molecule has 137 valence electrons. The zero-order valence-electron chi connectivity index (χ0n) is 15.8. The number of pyridine rings is 1. The van der Waals surface area contributed by atoms with Gasteiger partial charge < -0.3 is 9.30 Å². The summed E-state index contributed by atoms with van der Waals surface area (Å²) < 4.78 is 9.60. The molecular weight excluding hydrogens is 523 g/mol. The average molecular weight is 549 g/mol. The first kappa shape index (κ1) is 21.0. The Bertz CT molecular complexity index is 805. The molecule has 1 atom stereocenters. The van der Waals surface area contributed by atoms with Crippen molar-refractivity contribution in [2.75, 3.05) is 20.7 Å². The van der Waals surface area contributed by atoms with E-state index < -0.39 is 0 Å². The molecule has 3 heterocycles. The predicted molar refractivity (Wildman–Crippen MR) is 102 cm³/mol. The van der Waals surface area contributed by atoms with E-state index in [1.54, 1.807) is 10.8 Å². The van der Waals surface area contributed by atoms with Crippen LogP contribution in [0.25, 0.3) is 10.9 Å². The summed E-state index contributed by atoms with van der Waals surface area (Å²) in [4.78, 5) is 15.8. The number of hydrogen-bond donors (Lipinski definition) is 0. The zero-order chi connectivity index (χ0) is 19.3. The van der Waals surface area contributed by atoms with E-state index in [1.165, 1.54) is 26.1 Å². The van der Waals surface area contributed by atoms with Gasteiger partial charge in [-0.2, -0.15) is 5.26 Å². The second-order valence-corrected chi connectivity index (χ2v) is 10.8. The summed E-state index contributed by atoms with van der Waals surface area (Å²) in [7, 11) is 4.12. The van der Waals surface area contributed by atoms with Crippen LogP contribution in [0, 0.1) is 11.3 Å². The van der Waals surface area contributed by atoms with E-state index in [1.807, 2.05) is 12.1 Å². The molecule has 6 nitrogen and oxygen atoms in total. The van der Waals surface area contributed by atoms with E-state index in [9.17, 15) is 4.79 Å². The van der Waals surface area contributed by atoms with E-state index >= 15 is 0 Å². The first-order chi connectivity index (χ1) is 12.3. The third-order valence-corrected chi connectivity index (χ3v) is 4.31. The normalized spacial score (nSPS) is 18.9. The second kappa shape index (κ2) is 9.06. The van der Waals surface area contributed by atoms with Crippen molar-refractivity contribution in [2.45, 2.75) is 44.8 Å². The number of ether oxygens (including phenoxy) is 1. The summed E-state index contributed by atoms with van der Waals surface area (Å²) >= 11 is 1.18. The molecule has 1 unspecified atom stereocenters. The maximum absolute atomic E-state index is 11.2. The molecule has 3 radical (unpaired) electrons. The van der Waals surface area contributed by atoms with Gasteiger partial charge >= 0.3 is 42.9 Å². The number of aldehydes is 1. The van der Waals surface area contributed by atoms with Gasteiger partial charge in [0.25, 0.3) is 0 Å². The van der Waals surface area contributed by atoms with Gasteiger partial charge in [-0.15, -0.1) is 0 Å². The van der Waals surface area contributed by atoms with Crippen LogP contribution in [0.1, 0.15) is 48.8 Å². The van der Waals surface area contributed by atoms with Gasteiger partial charge in [0.15, 0.2) is 6.29 Å². The average Bonchev–Trinajstić information content (AvgIpc) is 2.91. The fourth-order valence-electron chi connectivity index (χ4n) is 3.25. The summed E-state index contributed by atoms with van der Waals surface area (Å²) in [6.45, 7) is 5.10. The van der Waals surface area contributed by atoms with Gasteiger partial charge in [-0.25, -0.2) is 0 Å². The molecule has 1 saturated heterocycles. The van der Waals surface area contributed by atoms with Crippen molar-refractivity contribution < 1.29 is 9.53 Å². The maximum atomic E-state index is 11.2. The van der Waals surface area contributed by atoms with Gasteiger partial charge in [0.05, 0.1) is 29.1 Å². The van der Waals surface area contributed by atoms with Crippen LogP contribution in [0.5, 0.6) is 0 Å². The summed E-state index contributed by atoms with van der Waals surface area (Å²) in [5.41, 5.74) is 2.26. The van der Waals surface area contributed by atoms with Crippen LogP contribution in [0.4, 0.5) is 0 Å². The van der Waals surface area contributed by atoms with E-state index in [0.717, 1.165) is 42.3 Å². The summed E-state index contributed by atoms with van der Waals surface area (Å²) in [5.74, 6) is 0.368. The number of rotatable bonds is 3. The third kappa shape index (κ3) is 5.35. The molecule has 1 aliphatic heterocycles. The van der Waals surface area contributed by atoms with Crippen molar-refractivity contribution in [3.05, 3.63) is 29.7 Å². The SMILES string of the molecule is CC1(C)CC(c2cc3cc(C=O)n(CC#N)c3cn2)CCO1.C[N](C)[Pb]. The minimum atomic E-state index is -0.125. The number of nitriles is 1. The van der Waals surface area contributed by atoms with Crippen LogP contribution in [-0.4, -0.2) is 70.9 Å². The van der Waals surface area contributed by atoms with Crippen LogP contribution in [0.2, 0.25) is 0 Å². The number of carbonyl (C=O) groups is 1. The molecule has 7 heteroatoms. The van der Waals surface area contributed by atoms with Crippen molar-refractivity contribution >= 4 is 43.3 Å². The van der Waals surface area contributed by atoms with E-state index in [4.69, 9.17) is 10.00 Å².